The minimum Gasteiger partial charge on any atom is -0.306 e. The van der Waals surface area contributed by atoms with Gasteiger partial charge in [-0.15, -0.1) is 0 Å². The molecule has 0 saturated carbocycles. The highest BCUT2D eigenvalue weighted by atomic mass is 35.5. The van der Waals surface area contributed by atoms with E-state index >= 15 is 0 Å². The van der Waals surface area contributed by atoms with Gasteiger partial charge in [0, 0.05) is 18.5 Å². The molecule has 0 fully saturated rings. The first-order valence-electron chi connectivity index (χ1n) is 9.24. The van der Waals surface area contributed by atoms with Crippen LogP contribution in [0.25, 0.3) is 0 Å². The van der Waals surface area contributed by atoms with Crippen LogP contribution in [0.5, 0.6) is 0 Å². The standard InChI is InChI=1S/C23H19Cl4N/c24-19-8-5-14(11-21(19)26)13-28-23-10-7-16(17-3-1-2-4-18(17)23)15-6-9-20(25)22(27)12-15/h1-6,8-9,11-12,16,23,28H,7,10,13H2/t16-,23+/m0/s1. The first-order valence-corrected chi connectivity index (χ1v) is 10.7. The van der Waals surface area contributed by atoms with Crippen molar-refractivity contribution in [2.75, 3.05) is 0 Å². The van der Waals surface area contributed by atoms with Crippen LogP contribution in [-0.2, 0) is 6.54 Å². The van der Waals surface area contributed by atoms with Gasteiger partial charge in [0.2, 0.25) is 0 Å². The molecule has 28 heavy (non-hydrogen) atoms. The maximum atomic E-state index is 6.27. The lowest BCUT2D eigenvalue weighted by atomic mass is 9.76. The molecule has 0 radical (unpaired) electrons. The lowest BCUT2D eigenvalue weighted by molar-refractivity contribution is 0.440. The Morgan fingerprint density at radius 2 is 1.39 bits per heavy atom. The van der Waals surface area contributed by atoms with Crippen LogP contribution >= 0.6 is 46.4 Å². The molecule has 4 rings (SSSR count). The fraction of sp³-hybridized carbons (Fsp3) is 0.217. The Hall–Kier alpha value is -1.22. The van der Waals surface area contributed by atoms with E-state index in [0.717, 1.165) is 24.9 Å². The van der Waals surface area contributed by atoms with E-state index in [2.05, 4.69) is 35.6 Å². The van der Waals surface area contributed by atoms with Gasteiger partial charge in [0.15, 0.2) is 0 Å². The summed E-state index contributed by atoms with van der Waals surface area (Å²) in [6.45, 7) is 0.743. The first kappa shape index (κ1) is 20.1. The van der Waals surface area contributed by atoms with Crippen molar-refractivity contribution in [2.45, 2.75) is 31.3 Å². The smallest absolute Gasteiger partial charge is 0.0595 e. The summed E-state index contributed by atoms with van der Waals surface area (Å²) in [4.78, 5) is 0. The lowest BCUT2D eigenvalue weighted by Crippen LogP contribution is -2.26. The predicted octanol–water partition coefficient (Wildman–Crippen LogP) is 8.06. The molecule has 0 aromatic heterocycles. The highest BCUT2D eigenvalue weighted by Crippen LogP contribution is 2.42. The summed E-state index contributed by atoms with van der Waals surface area (Å²) < 4.78 is 0. The van der Waals surface area contributed by atoms with Crippen LogP contribution in [0.15, 0.2) is 60.7 Å². The second-order valence-corrected chi connectivity index (χ2v) is 8.74. The Balaban J connectivity index is 1.57. The van der Waals surface area contributed by atoms with Crippen LogP contribution in [0.1, 0.15) is 47.1 Å². The van der Waals surface area contributed by atoms with E-state index in [-0.39, 0.29) is 0 Å². The predicted molar refractivity (Wildman–Crippen MR) is 120 cm³/mol. The van der Waals surface area contributed by atoms with Crippen molar-refractivity contribution < 1.29 is 0 Å². The van der Waals surface area contributed by atoms with Crippen molar-refractivity contribution in [2.24, 2.45) is 0 Å². The second-order valence-electron chi connectivity index (χ2n) is 7.11. The minimum absolute atomic E-state index is 0.296. The van der Waals surface area contributed by atoms with Crippen LogP contribution in [-0.4, -0.2) is 0 Å². The first-order chi connectivity index (χ1) is 13.5. The highest BCUT2D eigenvalue weighted by Gasteiger charge is 2.28. The van der Waals surface area contributed by atoms with Crippen LogP contribution in [0.4, 0.5) is 0 Å². The fourth-order valence-electron chi connectivity index (χ4n) is 3.97. The Labute approximate surface area is 185 Å². The van der Waals surface area contributed by atoms with Gasteiger partial charge >= 0.3 is 0 Å². The van der Waals surface area contributed by atoms with Crippen molar-refractivity contribution >= 4 is 46.4 Å². The molecular formula is C23H19Cl4N. The van der Waals surface area contributed by atoms with Gasteiger partial charge in [0.05, 0.1) is 20.1 Å². The highest BCUT2D eigenvalue weighted by molar-refractivity contribution is 6.42. The number of nitrogens with one attached hydrogen (secondary N) is 1. The third-order valence-electron chi connectivity index (χ3n) is 5.37. The van der Waals surface area contributed by atoms with Gasteiger partial charge in [-0.25, -0.2) is 0 Å². The molecule has 1 N–H and O–H groups in total. The van der Waals surface area contributed by atoms with Gasteiger partial charge in [-0.1, -0.05) is 82.8 Å². The number of hydrogen-bond acceptors (Lipinski definition) is 1. The van der Waals surface area contributed by atoms with Gasteiger partial charge in [-0.05, 0) is 59.4 Å². The molecule has 0 saturated heterocycles. The fourth-order valence-corrected chi connectivity index (χ4v) is 4.60. The molecule has 5 heteroatoms. The molecular weight excluding hydrogens is 432 g/mol. The van der Waals surface area contributed by atoms with E-state index < -0.39 is 0 Å². The zero-order valence-electron chi connectivity index (χ0n) is 15.1. The number of benzene rings is 3. The molecule has 1 aliphatic rings. The molecule has 0 aliphatic heterocycles. The van der Waals surface area contributed by atoms with Gasteiger partial charge in [0.1, 0.15) is 0 Å². The molecule has 144 valence electrons. The Morgan fingerprint density at radius 3 is 2.11 bits per heavy atom. The number of hydrogen-bond donors (Lipinski definition) is 1. The third-order valence-corrected chi connectivity index (χ3v) is 6.85. The van der Waals surface area contributed by atoms with Crippen LogP contribution < -0.4 is 5.32 Å². The monoisotopic (exact) mass is 449 g/mol. The van der Waals surface area contributed by atoms with E-state index in [1.165, 1.54) is 16.7 Å². The maximum Gasteiger partial charge on any atom is 0.0595 e. The summed E-state index contributed by atoms with van der Waals surface area (Å²) in [6, 6.07) is 20.7. The molecule has 2 atom stereocenters. The summed E-state index contributed by atoms with van der Waals surface area (Å²) in [5.74, 6) is 0.328. The van der Waals surface area contributed by atoms with Crippen molar-refractivity contribution in [3.8, 4) is 0 Å². The molecule has 1 nitrogen and oxygen atoms in total. The van der Waals surface area contributed by atoms with Crippen LogP contribution in [0.2, 0.25) is 20.1 Å². The maximum absolute atomic E-state index is 6.27. The minimum atomic E-state index is 0.296. The Bertz CT molecular complexity index is 1000. The van der Waals surface area contributed by atoms with E-state index in [0.29, 0.717) is 32.1 Å². The van der Waals surface area contributed by atoms with Crippen molar-refractivity contribution in [3.63, 3.8) is 0 Å². The average molecular weight is 451 g/mol. The molecule has 0 bridgehead atoms. The van der Waals surface area contributed by atoms with E-state index in [1.807, 2.05) is 30.3 Å². The summed E-state index contributed by atoms with van der Waals surface area (Å²) in [6.07, 6.45) is 2.09. The van der Waals surface area contributed by atoms with E-state index in [4.69, 9.17) is 46.4 Å². The average Bonchev–Trinajstić information content (AvgIpc) is 2.71. The number of rotatable bonds is 4. The van der Waals surface area contributed by atoms with Gasteiger partial charge < -0.3 is 5.32 Å². The largest absolute Gasteiger partial charge is 0.306 e. The van der Waals surface area contributed by atoms with Crippen molar-refractivity contribution in [3.05, 3.63) is 103 Å². The van der Waals surface area contributed by atoms with Crippen LogP contribution in [0, 0.1) is 0 Å². The molecule has 0 heterocycles. The summed E-state index contributed by atoms with van der Waals surface area (Å²) in [5.41, 5.74) is 5.02. The SMILES string of the molecule is Clc1ccc(CN[C@@H]2CC[C@@H](c3ccc(Cl)c(Cl)c3)c3ccccc32)cc1Cl. The Morgan fingerprint density at radius 1 is 0.714 bits per heavy atom. The number of halogens is 4. The molecule has 1 aliphatic carbocycles. The topological polar surface area (TPSA) is 12.0 Å². The molecule has 0 amide bonds. The van der Waals surface area contributed by atoms with Crippen molar-refractivity contribution in [1.82, 2.24) is 5.32 Å². The second kappa shape index (κ2) is 8.65. The Kier molecular flexibility index (Phi) is 6.20. The molecule has 3 aromatic carbocycles. The quantitative estimate of drug-likeness (QED) is 0.423. The van der Waals surface area contributed by atoms with Gasteiger partial charge in [0.25, 0.3) is 0 Å². The zero-order chi connectivity index (χ0) is 19.7. The lowest BCUT2D eigenvalue weighted by Gasteiger charge is -2.33. The summed E-state index contributed by atoms with van der Waals surface area (Å²) in [5, 5.41) is 6.05. The molecule has 0 spiro atoms. The van der Waals surface area contributed by atoms with Gasteiger partial charge in [-0.2, -0.15) is 0 Å². The summed E-state index contributed by atoms with van der Waals surface area (Å²) in [7, 11) is 0. The zero-order valence-corrected chi connectivity index (χ0v) is 18.1. The normalized spacial score (nSPS) is 18.7. The van der Waals surface area contributed by atoms with Crippen LogP contribution in [0.3, 0.4) is 0 Å². The van der Waals surface area contributed by atoms with Gasteiger partial charge in [-0.3, -0.25) is 0 Å². The van der Waals surface area contributed by atoms with E-state index in [9.17, 15) is 0 Å². The van der Waals surface area contributed by atoms with E-state index in [1.54, 1.807) is 0 Å². The molecule has 0 unspecified atom stereocenters. The van der Waals surface area contributed by atoms with Crippen molar-refractivity contribution in [1.29, 1.82) is 0 Å². The molecule has 3 aromatic rings. The third kappa shape index (κ3) is 4.20. The number of fused-ring (bicyclic) bond motifs is 1. The summed E-state index contributed by atoms with van der Waals surface area (Å²) >= 11 is 24.5.